The molecular formula is C10H13F3N2OS. The fraction of sp³-hybridized carbons (Fsp3) is 0.500. The van der Waals surface area contributed by atoms with Crippen molar-refractivity contribution in [2.45, 2.75) is 12.7 Å². The van der Waals surface area contributed by atoms with Gasteiger partial charge in [0.2, 0.25) is 5.88 Å². The van der Waals surface area contributed by atoms with Crippen LogP contribution < -0.4 is 10.1 Å². The lowest BCUT2D eigenvalue weighted by molar-refractivity contribution is -0.154. The van der Waals surface area contributed by atoms with Crippen LogP contribution in [0, 0.1) is 0 Å². The van der Waals surface area contributed by atoms with Crippen molar-refractivity contribution < 1.29 is 17.9 Å². The Hall–Kier alpha value is -0.950. The van der Waals surface area contributed by atoms with E-state index in [4.69, 9.17) is 0 Å². The first-order chi connectivity index (χ1) is 8.01. The normalized spacial score (nSPS) is 11.5. The summed E-state index contributed by atoms with van der Waals surface area (Å²) in [5.41, 5.74) is 0.881. The molecule has 0 aromatic carbocycles. The van der Waals surface area contributed by atoms with Crippen molar-refractivity contribution in [2.24, 2.45) is 0 Å². The predicted molar refractivity (Wildman–Crippen MR) is 61.3 cm³/mol. The zero-order valence-electron chi connectivity index (χ0n) is 9.00. The lowest BCUT2D eigenvalue weighted by atomic mass is 10.3. The minimum Gasteiger partial charge on any atom is -0.468 e. The van der Waals surface area contributed by atoms with Gasteiger partial charge in [-0.2, -0.15) is 25.8 Å². The highest BCUT2D eigenvalue weighted by Crippen LogP contribution is 2.16. The van der Waals surface area contributed by atoms with E-state index < -0.39 is 12.8 Å². The molecule has 0 saturated heterocycles. The fourth-order valence-electron chi connectivity index (χ4n) is 1.07. The van der Waals surface area contributed by atoms with Crippen LogP contribution in [0.5, 0.6) is 5.88 Å². The first kappa shape index (κ1) is 14.1. The summed E-state index contributed by atoms with van der Waals surface area (Å²) < 4.78 is 40.1. The van der Waals surface area contributed by atoms with Gasteiger partial charge >= 0.3 is 6.18 Å². The van der Waals surface area contributed by atoms with Gasteiger partial charge in [0.05, 0.1) is 0 Å². The molecule has 7 heteroatoms. The van der Waals surface area contributed by atoms with Gasteiger partial charge in [-0.1, -0.05) is 6.07 Å². The molecule has 1 N–H and O–H groups in total. The molecule has 96 valence electrons. The minimum absolute atomic E-state index is 0.0275. The molecule has 0 aliphatic heterocycles. The van der Waals surface area contributed by atoms with E-state index >= 15 is 0 Å². The maximum Gasteiger partial charge on any atom is 0.422 e. The van der Waals surface area contributed by atoms with Gasteiger partial charge in [0.25, 0.3) is 0 Å². The number of pyridine rings is 1. The fourth-order valence-corrected chi connectivity index (χ4v) is 1.23. The van der Waals surface area contributed by atoms with Crippen LogP contribution in [0.25, 0.3) is 0 Å². The number of aromatic nitrogens is 1. The summed E-state index contributed by atoms with van der Waals surface area (Å²) in [5.74, 6) is 0.695. The molecule has 0 atom stereocenters. The molecule has 0 saturated carbocycles. The molecule has 1 heterocycles. The Kier molecular flexibility index (Phi) is 5.57. The van der Waals surface area contributed by atoms with Gasteiger partial charge in [-0.05, 0) is 5.56 Å². The zero-order chi connectivity index (χ0) is 12.7. The topological polar surface area (TPSA) is 34.1 Å². The van der Waals surface area contributed by atoms with Crippen molar-refractivity contribution >= 4 is 12.6 Å². The maximum atomic E-state index is 11.9. The highest BCUT2D eigenvalue weighted by molar-refractivity contribution is 7.80. The Morgan fingerprint density at radius 1 is 1.35 bits per heavy atom. The van der Waals surface area contributed by atoms with Crippen molar-refractivity contribution in [3.63, 3.8) is 0 Å². The van der Waals surface area contributed by atoms with Crippen LogP contribution in [0.15, 0.2) is 18.3 Å². The molecule has 1 aromatic heterocycles. The van der Waals surface area contributed by atoms with Crippen LogP contribution in [0.1, 0.15) is 5.56 Å². The largest absolute Gasteiger partial charge is 0.468 e. The Morgan fingerprint density at radius 3 is 2.65 bits per heavy atom. The quantitative estimate of drug-likeness (QED) is 0.611. The number of ether oxygens (including phenoxy) is 1. The second-order valence-electron chi connectivity index (χ2n) is 3.31. The number of nitrogens with one attached hydrogen (secondary N) is 1. The standard InChI is InChI=1S/C10H13F3N2OS/c11-10(12,13)7-16-9-2-1-8(6-15-9)5-14-3-4-17/h1-2,6,14,17H,3-5,7H2. The molecule has 0 amide bonds. The zero-order valence-corrected chi connectivity index (χ0v) is 9.89. The highest BCUT2D eigenvalue weighted by atomic mass is 32.1. The highest BCUT2D eigenvalue weighted by Gasteiger charge is 2.28. The molecule has 1 aromatic rings. The van der Waals surface area contributed by atoms with Crippen molar-refractivity contribution in [3.8, 4) is 5.88 Å². The molecule has 0 aliphatic rings. The van der Waals surface area contributed by atoms with Gasteiger partial charge in [-0.25, -0.2) is 4.98 Å². The van der Waals surface area contributed by atoms with Crippen LogP contribution in [0.4, 0.5) is 13.2 Å². The van der Waals surface area contributed by atoms with Gasteiger partial charge in [-0.15, -0.1) is 0 Å². The minimum atomic E-state index is -4.34. The van der Waals surface area contributed by atoms with Crippen molar-refractivity contribution in [3.05, 3.63) is 23.9 Å². The average molecular weight is 266 g/mol. The van der Waals surface area contributed by atoms with Crippen LogP contribution in [0.2, 0.25) is 0 Å². The second-order valence-corrected chi connectivity index (χ2v) is 3.76. The summed E-state index contributed by atoms with van der Waals surface area (Å²) in [6.45, 7) is 0.0415. The Balaban J connectivity index is 2.39. The number of halogens is 3. The summed E-state index contributed by atoms with van der Waals surface area (Å²) in [4.78, 5) is 3.78. The summed E-state index contributed by atoms with van der Waals surface area (Å²) in [5, 5.41) is 3.09. The first-order valence-electron chi connectivity index (χ1n) is 4.97. The number of alkyl halides is 3. The van der Waals surface area contributed by atoms with E-state index in [1.54, 1.807) is 6.07 Å². The van der Waals surface area contributed by atoms with Crippen LogP contribution in [0.3, 0.4) is 0 Å². The van der Waals surface area contributed by atoms with Gasteiger partial charge in [0.1, 0.15) is 0 Å². The summed E-state index contributed by atoms with van der Waals surface area (Å²) in [7, 11) is 0. The van der Waals surface area contributed by atoms with Crippen molar-refractivity contribution in [1.29, 1.82) is 0 Å². The summed E-state index contributed by atoms with van der Waals surface area (Å²) in [6, 6.07) is 3.09. The molecule has 0 aliphatic carbocycles. The van der Waals surface area contributed by atoms with Crippen LogP contribution >= 0.6 is 12.6 Å². The van der Waals surface area contributed by atoms with Gasteiger partial charge in [0, 0.05) is 31.1 Å². The van der Waals surface area contributed by atoms with E-state index in [9.17, 15) is 13.2 Å². The van der Waals surface area contributed by atoms with E-state index in [0.717, 1.165) is 17.9 Å². The van der Waals surface area contributed by atoms with E-state index in [-0.39, 0.29) is 5.88 Å². The Morgan fingerprint density at radius 2 is 2.12 bits per heavy atom. The molecule has 0 radical (unpaired) electrons. The number of hydrogen-bond donors (Lipinski definition) is 2. The van der Waals surface area contributed by atoms with Crippen molar-refractivity contribution in [1.82, 2.24) is 10.3 Å². The molecular weight excluding hydrogens is 253 g/mol. The number of rotatable bonds is 6. The average Bonchev–Trinajstić information content (AvgIpc) is 2.27. The third kappa shape index (κ3) is 6.38. The Labute approximate surface area is 103 Å². The summed E-state index contributed by atoms with van der Waals surface area (Å²) in [6.07, 6.45) is -2.86. The van der Waals surface area contributed by atoms with E-state index in [0.29, 0.717) is 6.54 Å². The van der Waals surface area contributed by atoms with E-state index in [1.807, 2.05) is 0 Å². The molecule has 0 unspecified atom stereocenters. The monoisotopic (exact) mass is 266 g/mol. The number of nitrogens with zero attached hydrogens (tertiary/aromatic N) is 1. The smallest absolute Gasteiger partial charge is 0.422 e. The van der Waals surface area contributed by atoms with Gasteiger partial charge < -0.3 is 10.1 Å². The SMILES string of the molecule is FC(F)(F)COc1ccc(CNCCS)cn1. The van der Waals surface area contributed by atoms with Crippen LogP contribution in [-0.2, 0) is 6.54 Å². The number of thiol groups is 1. The van der Waals surface area contributed by atoms with E-state index in [2.05, 4.69) is 27.7 Å². The molecule has 0 bridgehead atoms. The van der Waals surface area contributed by atoms with Gasteiger partial charge in [-0.3, -0.25) is 0 Å². The molecule has 1 rings (SSSR count). The second kappa shape index (κ2) is 6.70. The molecule has 17 heavy (non-hydrogen) atoms. The third-order valence-electron chi connectivity index (χ3n) is 1.80. The number of hydrogen-bond acceptors (Lipinski definition) is 4. The maximum absolute atomic E-state index is 11.9. The predicted octanol–water partition coefficient (Wildman–Crippen LogP) is 2.04. The lowest BCUT2D eigenvalue weighted by Gasteiger charge is -2.08. The summed E-state index contributed by atoms with van der Waals surface area (Å²) >= 11 is 4.03. The first-order valence-corrected chi connectivity index (χ1v) is 5.60. The van der Waals surface area contributed by atoms with Crippen LogP contribution in [-0.4, -0.2) is 30.1 Å². The third-order valence-corrected chi connectivity index (χ3v) is 2.02. The van der Waals surface area contributed by atoms with E-state index in [1.165, 1.54) is 12.3 Å². The van der Waals surface area contributed by atoms with Crippen molar-refractivity contribution in [2.75, 3.05) is 18.9 Å². The molecule has 0 fully saturated rings. The Bertz CT molecular complexity index is 329. The lowest BCUT2D eigenvalue weighted by Crippen LogP contribution is -2.19. The molecule has 0 spiro atoms. The van der Waals surface area contributed by atoms with Gasteiger partial charge in [0.15, 0.2) is 6.61 Å². The molecule has 3 nitrogen and oxygen atoms in total.